The number of hydrogen-bond donors (Lipinski definition) is 2. The van der Waals surface area contributed by atoms with Gasteiger partial charge in [-0.1, -0.05) is 12.1 Å². The summed E-state index contributed by atoms with van der Waals surface area (Å²) in [7, 11) is 3.52. The van der Waals surface area contributed by atoms with E-state index in [1.165, 1.54) is 6.92 Å². The van der Waals surface area contributed by atoms with Crippen LogP contribution in [0, 0.1) is 13.8 Å². The topological polar surface area (TPSA) is 85.2 Å². The first-order valence-corrected chi connectivity index (χ1v) is 7.64. The highest BCUT2D eigenvalue weighted by atomic mass is 16.5. The molecule has 128 valence electrons. The molecule has 1 atom stereocenters. The fourth-order valence-corrected chi connectivity index (χ4v) is 2.34. The first-order chi connectivity index (χ1) is 11.3. The fraction of sp³-hybridized carbons (Fsp3) is 0.353. The van der Waals surface area contributed by atoms with Gasteiger partial charge in [-0.2, -0.15) is 5.10 Å². The van der Waals surface area contributed by atoms with Crippen LogP contribution in [-0.4, -0.2) is 34.8 Å². The maximum atomic E-state index is 12.3. The highest BCUT2D eigenvalue weighted by Crippen LogP contribution is 2.20. The summed E-state index contributed by atoms with van der Waals surface area (Å²) in [5, 5.41) is 9.93. The van der Waals surface area contributed by atoms with E-state index < -0.39 is 18.0 Å². The van der Waals surface area contributed by atoms with Crippen LogP contribution in [0.3, 0.4) is 0 Å². The quantitative estimate of drug-likeness (QED) is 0.822. The molecular weight excluding hydrogens is 308 g/mol. The lowest BCUT2D eigenvalue weighted by Gasteiger charge is -2.15. The normalized spacial score (nSPS) is 11.7. The molecule has 2 rings (SSSR count). The van der Waals surface area contributed by atoms with Crippen LogP contribution in [0.4, 0.5) is 11.4 Å². The minimum absolute atomic E-state index is 0.383. The highest BCUT2D eigenvalue weighted by molar-refractivity contribution is 6.00. The third-order valence-electron chi connectivity index (χ3n) is 3.83. The van der Waals surface area contributed by atoms with Crippen LogP contribution in [0.2, 0.25) is 0 Å². The molecule has 0 spiro atoms. The average Bonchev–Trinajstić information content (AvgIpc) is 2.80. The number of nitrogens with zero attached hydrogens (tertiary/aromatic N) is 2. The van der Waals surface area contributed by atoms with Crippen LogP contribution < -0.4 is 10.6 Å². The van der Waals surface area contributed by atoms with Crippen molar-refractivity contribution in [2.75, 3.05) is 17.7 Å². The molecular formula is C17H22N4O3. The van der Waals surface area contributed by atoms with Gasteiger partial charge in [0, 0.05) is 19.8 Å². The Bertz CT molecular complexity index is 767. The Labute approximate surface area is 141 Å². The highest BCUT2D eigenvalue weighted by Gasteiger charge is 2.22. The molecule has 24 heavy (non-hydrogen) atoms. The number of carbonyl (C=O) groups is 2. The van der Waals surface area contributed by atoms with Gasteiger partial charge in [-0.05, 0) is 32.9 Å². The number of aromatic nitrogens is 2. The molecule has 0 aliphatic rings. The molecule has 7 heteroatoms. The van der Waals surface area contributed by atoms with Crippen LogP contribution in [0.25, 0.3) is 0 Å². The molecule has 0 radical (unpaired) electrons. The molecule has 2 N–H and O–H groups in total. The van der Waals surface area contributed by atoms with Gasteiger partial charge < -0.3 is 15.4 Å². The SMILES string of the molecule is CNc1ccccc1C(=O)O[C@H](C)C(=O)Nc1c(C)nn(C)c1C. The number of aryl methyl sites for hydroxylation is 2. The van der Waals surface area contributed by atoms with Crippen LogP contribution in [0.15, 0.2) is 24.3 Å². The molecule has 2 aromatic rings. The summed E-state index contributed by atoms with van der Waals surface area (Å²) < 4.78 is 6.97. The monoisotopic (exact) mass is 330 g/mol. The maximum Gasteiger partial charge on any atom is 0.341 e. The Morgan fingerprint density at radius 3 is 2.50 bits per heavy atom. The van der Waals surface area contributed by atoms with E-state index in [2.05, 4.69) is 15.7 Å². The van der Waals surface area contributed by atoms with E-state index in [1.807, 2.05) is 19.9 Å². The van der Waals surface area contributed by atoms with E-state index in [1.54, 1.807) is 37.0 Å². The predicted octanol–water partition coefficient (Wildman–Crippen LogP) is 2.26. The van der Waals surface area contributed by atoms with Crippen LogP contribution in [0.1, 0.15) is 28.7 Å². The Morgan fingerprint density at radius 1 is 1.25 bits per heavy atom. The number of esters is 1. The van der Waals surface area contributed by atoms with Gasteiger partial charge in [-0.3, -0.25) is 9.48 Å². The molecule has 0 fully saturated rings. The molecule has 1 heterocycles. The van der Waals surface area contributed by atoms with Gasteiger partial charge >= 0.3 is 5.97 Å². The number of para-hydroxylation sites is 1. The van der Waals surface area contributed by atoms with Gasteiger partial charge in [0.25, 0.3) is 5.91 Å². The Hall–Kier alpha value is -2.83. The van der Waals surface area contributed by atoms with Crippen molar-refractivity contribution >= 4 is 23.3 Å². The van der Waals surface area contributed by atoms with E-state index in [0.29, 0.717) is 22.6 Å². The van der Waals surface area contributed by atoms with Crippen LogP contribution >= 0.6 is 0 Å². The Morgan fingerprint density at radius 2 is 1.92 bits per heavy atom. The molecule has 0 bridgehead atoms. The van der Waals surface area contributed by atoms with Crippen molar-refractivity contribution in [1.82, 2.24) is 9.78 Å². The number of ether oxygens (including phenoxy) is 1. The average molecular weight is 330 g/mol. The maximum absolute atomic E-state index is 12.3. The Kier molecular flexibility index (Phi) is 5.23. The summed E-state index contributed by atoms with van der Waals surface area (Å²) >= 11 is 0. The number of benzene rings is 1. The van der Waals surface area contributed by atoms with Crippen molar-refractivity contribution in [2.45, 2.75) is 26.9 Å². The van der Waals surface area contributed by atoms with Crippen molar-refractivity contribution in [3.63, 3.8) is 0 Å². The van der Waals surface area contributed by atoms with E-state index in [4.69, 9.17) is 4.74 Å². The van der Waals surface area contributed by atoms with Crippen LogP contribution in [-0.2, 0) is 16.6 Å². The summed E-state index contributed by atoms with van der Waals surface area (Å²) in [5.74, 6) is -0.952. The largest absolute Gasteiger partial charge is 0.449 e. The lowest BCUT2D eigenvalue weighted by Crippen LogP contribution is -2.30. The van der Waals surface area contributed by atoms with Gasteiger partial charge in [-0.25, -0.2) is 4.79 Å². The summed E-state index contributed by atoms with van der Waals surface area (Å²) in [6.07, 6.45) is -0.929. The Balaban J connectivity index is 2.07. The standard InChI is InChI=1S/C17H22N4O3/c1-10-15(11(2)21(5)20-10)19-16(22)12(3)24-17(23)13-8-6-7-9-14(13)18-4/h6-9,12,18H,1-5H3,(H,19,22)/t12-/m1/s1. The molecule has 1 amide bonds. The molecule has 0 aliphatic heterocycles. The zero-order valence-corrected chi connectivity index (χ0v) is 14.5. The summed E-state index contributed by atoms with van der Waals surface area (Å²) in [6, 6.07) is 6.97. The second-order valence-corrected chi connectivity index (χ2v) is 5.50. The second-order valence-electron chi connectivity index (χ2n) is 5.50. The minimum Gasteiger partial charge on any atom is -0.449 e. The summed E-state index contributed by atoms with van der Waals surface area (Å²) in [4.78, 5) is 24.6. The fourth-order valence-electron chi connectivity index (χ4n) is 2.34. The third kappa shape index (κ3) is 3.56. The molecule has 1 aromatic carbocycles. The van der Waals surface area contributed by atoms with Gasteiger partial charge in [0.05, 0.1) is 22.6 Å². The summed E-state index contributed by atoms with van der Waals surface area (Å²) in [6.45, 7) is 5.20. The molecule has 0 unspecified atom stereocenters. The zero-order chi connectivity index (χ0) is 17.9. The van der Waals surface area contributed by atoms with Crippen molar-refractivity contribution in [3.05, 3.63) is 41.2 Å². The predicted molar refractivity (Wildman–Crippen MR) is 92.2 cm³/mol. The molecule has 1 aromatic heterocycles. The van der Waals surface area contributed by atoms with Crippen molar-refractivity contribution in [1.29, 1.82) is 0 Å². The van der Waals surface area contributed by atoms with Gasteiger partial charge in [-0.15, -0.1) is 0 Å². The van der Waals surface area contributed by atoms with Crippen molar-refractivity contribution in [3.8, 4) is 0 Å². The number of amides is 1. The van der Waals surface area contributed by atoms with Crippen LogP contribution in [0.5, 0.6) is 0 Å². The number of anilines is 2. The number of carbonyl (C=O) groups excluding carboxylic acids is 2. The van der Waals surface area contributed by atoms with Gasteiger partial charge in [0.1, 0.15) is 0 Å². The third-order valence-corrected chi connectivity index (χ3v) is 3.83. The van der Waals surface area contributed by atoms with E-state index >= 15 is 0 Å². The molecule has 0 saturated heterocycles. The molecule has 0 aliphatic carbocycles. The smallest absolute Gasteiger partial charge is 0.341 e. The van der Waals surface area contributed by atoms with E-state index in [0.717, 1.165) is 5.69 Å². The van der Waals surface area contributed by atoms with Gasteiger partial charge in [0.2, 0.25) is 0 Å². The summed E-state index contributed by atoms with van der Waals surface area (Å²) in [5.41, 5.74) is 3.21. The first kappa shape index (κ1) is 17.5. The van der Waals surface area contributed by atoms with E-state index in [-0.39, 0.29) is 0 Å². The molecule has 7 nitrogen and oxygen atoms in total. The number of nitrogens with one attached hydrogen (secondary N) is 2. The second kappa shape index (κ2) is 7.16. The van der Waals surface area contributed by atoms with E-state index in [9.17, 15) is 9.59 Å². The molecule has 0 saturated carbocycles. The lowest BCUT2D eigenvalue weighted by atomic mass is 10.2. The van der Waals surface area contributed by atoms with Gasteiger partial charge in [0.15, 0.2) is 6.10 Å². The lowest BCUT2D eigenvalue weighted by molar-refractivity contribution is -0.123. The zero-order valence-electron chi connectivity index (χ0n) is 14.5. The number of hydrogen-bond acceptors (Lipinski definition) is 5. The number of rotatable bonds is 5. The van der Waals surface area contributed by atoms with Crippen molar-refractivity contribution in [2.24, 2.45) is 7.05 Å². The van der Waals surface area contributed by atoms with Crippen molar-refractivity contribution < 1.29 is 14.3 Å². The minimum atomic E-state index is -0.929. The first-order valence-electron chi connectivity index (χ1n) is 7.64.